The summed E-state index contributed by atoms with van der Waals surface area (Å²) in [6, 6.07) is 10.3. The lowest BCUT2D eigenvalue weighted by atomic mass is 9.82. The van der Waals surface area contributed by atoms with E-state index in [9.17, 15) is 0 Å². The van der Waals surface area contributed by atoms with Gasteiger partial charge in [-0.3, -0.25) is 0 Å². The van der Waals surface area contributed by atoms with E-state index in [4.69, 9.17) is 4.74 Å². The molecule has 0 bridgehead atoms. The van der Waals surface area contributed by atoms with Gasteiger partial charge in [0.2, 0.25) is 0 Å². The number of nitrogens with one attached hydrogen (secondary N) is 2. The molecule has 23 heavy (non-hydrogen) atoms. The van der Waals surface area contributed by atoms with Crippen molar-refractivity contribution in [2.45, 2.75) is 56.5 Å². The van der Waals surface area contributed by atoms with Crippen LogP contribution in [0.4, 0.5) is 0 Å². The highest BCUT2D eigenvalue weighted by atomic mass is 16.5. The van der Waals surface area contributed by atoms with Gasteiger partial charge in [0.1, 0.15) is 0 Å². The van der Waals surface area contributed by atoms with Crippen molar-refractivity contribution in [3.8, 4) is 0 Å². The van der Waals surface area contributed by atoms with Crippen molar-refractivity contribution < 1.29 is 4.74 Å². The summed E-state index contributed by atoms with van der Waals surface area (Å²) < 4.78 is 5.69. The second kappa shape index (κ2) is 7.33. The van der Waals surface area contributed by atoms with Crippen LogP contribution >= 0.6 is 0 Å². The number of aryl methyl sites for hydroxylation is 1. The van der Waals surface area contributed by atoms with Crippen LogP contribution in [0.1, 0.15) is 49.1 Å². The van der Waals surface area contributed by atoms with Crippen LogP contribution in [-0.2, 0) is 11.2 Å². The summed E-state index contributed by atoms with van der Waals surface area (Å²) in [6.45, 7) is 3.94. The van der Waals surface area contributed by atoms with Crippen LogP contribution in [0.2, 0.25) is 0 Å². The molecular weight excluding hydrogens is 284 g/mol. The molecule has 1 saturated carbocycles. The van der Waals surface area contributed by atoms with Crippen molar-refractivity contribution in [2.24, 2.45) is 5.92 Å². The molecule has 4 rings (SSSR count). The maximum absolute atomic E-state index is 5.69. The SMILES string of the molecule is c1ccc2c(c1)CCCC2CNC1CCCC1C1COCCN1. The maximum Gasteiger partial charge on any atom is 0.0623 e. The molecule has 2 aliphatic carbocycles. The van der Waals surface area contributed by atoms with Crippen LogP contribution in [0.15, 0.2) is 24.3 Å². The Morgan fingerprint density at radius 2 is 2.09 bits per heavy atom. The maximum atomic E-state index is 5.69. The largest absolute Gasteiger partial charge is 0.379 e. The van der Waals surface area contributed by atoms with Gasteiger partial charge >= 0.3 is 0 Å². The Labute approximate surface area is 140 Å². The zero-order valence-electron chi connectivity index (χ0n) is 14.1. The van der Waals surface area contributed by atoms with E-state index >= 15 is 0 Å². The van der Waals surface area contributed by atoms with E-state index in [1.165, 1.54) is 38.5 Å². The Morgan fingerprint density at radius 3 is 3.00 bits per heavy atom. The fraction of sp³-hybridized carbons (Fsp3) is 0.700. The molecule has 3 heteroatoms. The Balaban J connectivity index is 1.37. The second-order valence-corrected chi connectivity index (χ2v) is 7.53. The molecule has 0 aromatic heterocycles. The molecule has 1 aromatic carbocycles. The third-order valence-corrected chi connectivity index (χ3v) is 6.16. The summed E-state index contributed by atoms with van der Waals surface area (Å²) in [5.41, 5.74) is 3.18. The number of hydrogen-bond acceptors (Lipinski definition) is 3. The Kier molecular flexibility index (Phi) is 4.98. The van der Waals surface area contributed by atoms with Gasteiger partial charge in [-0.1, -0.05) is 30.7 Å². The Bertz CT molecular complexity index is 512. The predicted octanol–water partition coefficient (Wildman–Crippen LogP) is 2.85. The lowest BCUT2D eigenvalue weighted by Gasteiger charge is -2.34. The smallest absolute Gasteiger partial charge is 0.0623 e. The summed E-state index contributed by atoms with van der Waals surface area (Å²) in [4.78, 5) is 0. The number of morpholine rings is 1. The fourth-order valence-corrected chi connectivity index (χ4v) is 4.94. The van der Waals surface area contributed by atoms with Crippen molar-refractivity contribution in [3.63, 3.8) is 0 Å². The van der Waals surface area contributed by atoms with Crippen molar-refractivity contribution in [1.82, 2.24) is 10.6 Å². The summed E-state index contributed by atoms with van der Waals surface area (Å²) in [5, 5.41) is 7.62. The summed E-state index contributed by atoms with van der Waals surface area (Å²) >= 11 is 0. The van der Waals surface area contributed by atoms with E-state index < -0.39 is 0 Å². The quantitative estimate of drug-likeness (QED) is 0.896. The first kappa shape index (κ1) is 15.6. The number of ether oxygens (including phenoxy) is 1. The number of rotatable bonds is 4. The molecule has 0 radical (unpaired) electrons. The van der Waals surface area contributed by atoms with Gasteiger partial charge in [-0.2, -0.15) is 0 Å². The van der Waals surface area contributed by atoms with Crippen LogP contribution in [-0.4, -0.2) is 38.4 Å². The molecule has 0 amide bonds. The van der Waals surface area contributed by atoms with Crippen molar-refractivity contribution in [1.29, 1.82) is 0 Å². The third kappa shape index (κ3) is 3.47. The molecule has 2 fully saturated rings. The number of hydrogen-bond donors (Lipinski definition) is 2. The lowest BCUT2D eigenvalue weighted by Crippen LogP contribution is -2.51. The normalized spacial score (nSPS) is 34.3. The van der Waals surface area contributed by atoms with Crippen LogP contribution in [0.5, 0.6) is 0 Å². The van der Waals surface area contributed by atoms with E-state index in [1.807, 2.05) is 0 Å². The Hall–Kier alpha value is -0.900. The summed E-state index contributed by atoms with van der Waals surface area (Å²) in [5.74, 6) is 1.45. The highest BCUT2D eigenvalue weighted by Gasteiger charge is 2.35. The van der Waals surface area contributed by atoms with Gasteiger partial charge in [-0.05, 0) is 55.1 Å². The van der Waals surface area contributed by atoms with Crippen molar-refractivity contribution in [2.75, 3.05) is 26.3 Å². The molecule has 4 unspecified atom stereocenters. The van der Waals surface area contributed by atoms with E-state index in [2.05, 4.69) is 34.9 Å². The summed E-state index contributed by atoms with van der Waals surface area (Å²) in [7, 11) is 0. The molecule has 0 spiro atoms. The standard InChI is InChI=1S/C20H30N2O/c1-2-8-17-15(5-1)6-3-7-16(17)13-22-19-10-4-9-18(19)20-14-23-12-11-21-20/h1-2,5,8,16,18-22H,3-4,6-7,9-14H2. The Morgan fingerprint density at radius 1 is 1.13 bits per heavy atom. The van der Waals surface area contributed by atoms with Gasteiger partial charge in [0.15, 0.2) is 0 Å². The van der Waals surface area contributed by atoms with Gasteiger partial charge in [0, 0.05) is 25.2 Å². The van der Waals surface area contributed by atoms with Gasteiger partial charge < -0.3 is 15.4 Å². The molecule has 1 aliphatic heterocycles. The van der Waals surface area contributed by atoms with Crippen LogP contribution in [0.3, 0.4) is 0 Å². The molecule has 3 nitrogen and oxygen atoms in total. The van der Waals surface area contributed by atoms with Gasteiger partial charge in [-0.15, -0.1) is 0 Å². The zero-order chi connectivity index (χ0) is 15.5. The average molecular weight is 314 g/mol. The van der Waals surface area contributed by atoms with E-state index in [0.717, 1.165) is 32.2 Å². The molecule has 1 heterocycles. The van der Waals surface area contributed by atoms with Crippen molar-refractivity contribution in [3.05, 3.63) is 35.4 Å². The lowest BCUT2D eigenvalue weighted by molar-refractivity contribution is 0.0524. The minimum atomic E-state index is 0.558. The zero-order valence-corrected chi connectivity index (χ0v) is 14.1. The van der Waals surface area contributed by atoms with Gasteiger partial charge in [-0.25, -0.2) is 0 Å². The minimum absolute atomic E-state index is 0.558. The van der Waals surface area contributed by atoms with Crippen LogP contribution in [0, 0.1) is 5.92 Å². The molecular formula is C20H30N2O. The van der Waals surface area contributed by atoms with Gasteiger partial charge in [0.25, 0.3) is 0 Å². The molecule has 1 saturated heterocycles. The first-order valence-corrected chi connectivity index (χ1v) is 9.54. The topological polar surface area (TPSA) is 33.3 Å². The van der Waals surface area contributed by atoms with Crippen molar-refractivity contribution >= 4 is 0 Å². The van der Waals surface area contributed by atoms with Crippen LogP contribution in [0.25, 0.3) is 0 Å². The molecule has 1 aromatic rings. The number of benzene rings is 1. The van der Waals surface area contributed by atoms with E-state index in [1.54, 1.807) is 11.1 Å². The first-order chi connectivity index (χ1) is 11.4. The average Bonchev–Trinajstić information content (AvgIpc) is 3.09. The first-order valence-electron chi connectivity index (χ1n) is 9.54. The molecule has 2 N–H and O–H groups in total. The van der Waals surface area contributed by atoms with Crippen LogP contribution < -0.4 is 10.6 Å². The summed E-state index contributed by atoms with van der Waals surface area (Å²) in [6.07, 6.45) is 7.99. The fourth-order valence-electron chi connectivity index (χ4n) is 4.94. The number of fused-ring (bicyclic) bond motifs is 1. The third-order valence-electron chi connectivity index (χ3n) is 6.16. The second-order valence-electron chi connectivity index (χ2n) is 7.53. The predicted molar refractivity (Wildman–Crippen MR) is 93.9 cm³/mol. The molecule has 4 atom stereocenters. The van der Waals surface area contributed by atoms with E-state index in [0.29, 0.717) is 18.0 Å². The minimum Gasteiger partial charge on any atom is -0.379 e. The monoisotopic (exact) mass is 314 g/mol. The highest BCUT2D eigenvalue weighted by Crippen LogP contribution is 2.33. The molecule has 126 valence electrons. The molecule has 3 aliphatic rings. The highest BCUT2D eigenvalue weighted by molar-refractivity contribution is 5.32. The van der Waals surface area contributed by atoms with E-state index in [-0.39, 0.29) is 0 Å². The van der Waals surface area contributed by atoms with Gasteiger partial charge in [0.05, 0.1) is 13.2 Å².